The zero-order valence-electron chi connectivity index (χ0n) is 14.3. The van der Waals surface area contributed by atoms with Crippen molar-refractivity contribution in [3.8, 4) is 0 Å². The van der Waals surface area contributed by atoms with Crippen LogP contribution in [0.25, 0.3) is 0 Å². The lowest BCUT2D eigenvalue weighted by molar-refractivity contribution is 0.1000. The van der Waals surface area contributed by atoms with Gasteiger partial charge in [-0.1, -0.05) is 23.7 Å². The first-order chi connectivity index (χ1) is 12.5. The van der Waals surface area contributed by atoms with E-state index in [9.17, 15) is 9.59 Å². The summed E-state index contributed by atoms with van der Waals surface area (Å²) in [6.07, 6.45) is 0. The van der Waals surface area contributed by atoms with Crippen molar-refractivity contribution in [2.24, 2.45) is 5.73 Å². The molecule has 1 aromatic carbocycles. The van der Waals surface area contributed by atoms with Crippen molar-refractivity contribution >= 4 is 34.9 Å². The van der Waals surface area contributed by atoms with Gasteiger partial charge in [-0.25, -0.2) is 4.79 Å². The molecule has 3 rings (SSSR count). The van der Waals surface area contributed by atoms with Crippen LogP contribution in [0.4, 0.5) is 4.79 Å². The van der Waals surface area contributed by atoms with E-state index in [4.69, 9.17) is 17.3 Å². The van der Waals surface area contributed by atoms with Crippen molar-refractivity contribution in [3.63, 3.8) is 0 Å². The zero-order chi connectivity index (χ0) is 18.5. The Kier molecular flexibility index (Phi) is 6.13. The average Bonchev–Trinajstić information content (AvgIpc) is 3.05. The zero-order valence-corrected chi connectivity index (χ0v) is 15.9. The number of piperazine rings is 1. The first-order valence-electron chi connectivity index (χ1n) is 8.39. The van der Waals surface area contributed by atoms with Crippen LogP contribution >= 0.6 is 22.9 Å². The van der Waals surface area contributed by atoms with Crippen LogP contribution < -0.4 is 11.1 Å². The summed E-state index contributed by atoms with van der Waals surface area (Å²) in [6, 6.07) is 10.9. The molecule has 26 heavy (non-hydrogen) atoms. The Morgan fingerprint density at radius 2 is 1.92 bits per heavy atom. The number of benzene rings is 1. The number of urea groups is 1. The molecule has 8 heteroatoms. The molecule has 0 aliphatic carbocycles. The number of halogens is 1. The topological polar surface area (TPSA) is 78.7 Å². The summed E-state index contributed by atoms with van der Waals surface area (Å²) in [5, 5.41) is 2.90. The molecule has 0 atom stereocenters. The van der Waals surface area contributed by atoms with Crippen LogP contribution in [0.1, 0.15) is 20.8 Å². The van der Waals surface area contributed by atoms with Crippen LogP contribution in [0, 0.1) is 0 Å². The number of amides is 3. The molecule has 3 N–H and O–H groups in total. The van der Waals surface area contributed by atoms with Gasteiger partial charge in [-0.15, -0.1) is 11.3 Å². The predicted octanol–water partition coefficient (Wildman–Crippen LogP) is 2.53. The summed E-state index contributed by atoms with van der Waals surface area (Å²) < 4.78 is 0.804. The maximum atomic E-state index is 12.3. The fraction of sp³-hybridized carbons (Fsp3) is 0.333. The molecule has 1 aromatic heterocycles. The summed E-state index contributed by atoms with van der Waals surface area (Å²) in [4.78, 5) is 28.9. The Hall–Kier alpha value is -2.09. The fourth-order valence-electron chi connectivity index (χ4n) is 2.89. The van der Waals surface area contributed by atoms with Gasteiger partial charge in [-0.3, -0.25) is 9.69 Å². The van der Waals surface area contributed by atoms with E-state index in [-0.39, 0.29) is 6.03 Å². The second kappa shape index (κ2) is 8.53. The molecule has 6 nitrogen and oxygen atoms in total. The van der Waals surface area contributed by atoms with Gasteiger partial charge < -0.3 is 16.0 Å². The van der Waals surface area contributed by atoms with E-state index in [2.05, 4.69) is 10.2 Å². The van der Waals surface area contributed by atoms with Gasteiger partial charge in [0.1, 0.15) is 0 Å². The first-order valence-corrected chi connectivity index (χ1v) is 9.59. The van der Waals surface area contributed by atoms with Gasteiger partial charge in [-0.2, -0.15) is 0 Å². The van der Waals surface area contributed by atoms with Crippen molar-refractivity contribution in [2.45, 2.75) is 13.1 Å². The van der Waals surface area contributed by atoms with Crippen LogP contribution in [0.15, 0.2) is 36.4 Å². The van der Waals surface area contributed by atoms with E-state index >= 15 is 0 Å². The maximum absolute atomic E-state index is 12.3. The lowest BCUT2D eigenvalue weighted by Crippen LogP contribution is -2.51. The van der Waals surface area contributed by atoms with Crippen molar-refractivity contribution in [1.29, 1.82) is 0 Å². The van der Waals surface area contributed by atoms with Crippen LogP contribution in [0.3, 0.4) is 0 Å². The molecule has 3 amide bonds. The number of primary amides is 1. The Morgan fingerprint density at radius 1 is 1.15 bits per heavy atom. The molecule has 138 valence electrons. The smallest absolute Gasteiger partial charge is 0.317 e. The van der Waals surface area contributed by atoms with Crippen LogP contribution in [0.2, 0.25) is 4.34 Å². The molecule has 2 aromatic rings. The summed E-state index contributed by atoms with van der Waals surface area (Å²) in [7, 11) is 0. The molecule has 0 radical (unpaired) electrons. The second-order valence-electron chi connectivity index (χ2n) is 6.19. The van der Waals surface area contributed by atoms with Gasteiger partial charge in [0.25, 0.3) is 0 Å². The van der Waals surface area contributed by atoms with Crippen molar-refractivity contribution in [1.82, 2.24) is 15.1 Å². The molecule has 1 aliphatic heterocycles. The summed E-state index contributed by atoms with van der Waals surface area (Å²) in [5.41, 5.74) is 6.57. The van der Waals surface area contributed by atoms with Crippen LogP contribution in [-0.4, -0.2) is 47.9 Å². The number of carbonyl (C=O) groups excluding carboxylic acids is 2. The highest BCUT2D eigenvalue weighted by Gasteiger charge is 2.21. The SMILES string of the molecule is NC(=O)c1cccc(CNC(=O)N2CCN(Cc3ccc(Cl)s3)CC2)c1. The Morgan fingerprint density at radius 3 is 2.58 bits per heavy atom. The predicted molar refractivity (Wildman–Crippen MR) is 103 cm³/mol. The standard InChI is InChI=1S/C18H21ClN4O2S/c19-16-5-4-15(26-16)12-22-6-8-23(9-7-22)18(25)21-11-13-2-1-3-14(10-13)17(20)24/h1-5,10H,6-9,11-12H2,(H2,20,24)(H,21,25). The van der Waals surface area contributed by atoms with E-state index in [0.29, 0.717) is 25.2 Å². The Bertz CT molecular complexity index is 787. The first kappa shape index (κ1) is 18.7. The van der Waals surface area contributed by atoms with Gasteiger partial charge in [0.15, 0.2) is 0 Å². The number of nitrogens with two attached hydrogens (primary N) is 1. The molecule has 0 bridgehead atoms. The van der Waals surface area contributed by atoms with Crippen molar-refractivity contribution in [3.05, 3.63) is 56.7 Å². The number of rotatable bonds is 5. The molecule has 1 saturated heterocycles. The minimum absolute atomic E-state index is 0.0895. The number of carbonyl (C=O) groups is 2. The molecule has 0 saturated carbocycles. The van der Waals surface area contributed by atoms with Gasteiger partial charge in [-0.05, 0) is 29.8 Å². The molecule has 1 fully saturated rings. The molecule has 0 spiro atoms. The highest BCUT2D eigenvalue weighted by molar-refractivity contribution is 7.16. The number of hydrogen-bond acceptors (Lipinski definition) is 4. The van der Waals surface area contributed by atoms with E-state index in [1.807, 2.05) is 23.1 Å². The summed E-state index contributed by atoms with van der Waals surface area (Å²) >= 11 is 7.56. The van der Waals surface area contributed by atoms with E-state index in [0.717, 1.165) is 29.5 Å². The van der Waals surface area contributed by atoms with E-state index in [1.54, 1.807) is 29.5 Å². The van der Waals surface area contributed by atoms with Gasteiger partial charge >= 0.3 is 6.03 Å². The number of thiophene rings is 1. The average molecular weight is 393 g/mol. The third kappa shape index (κ3) is 4.97. The highest BCUT2D eigenvalue weighted by Crippen LogP contribution is 2.23. The third-order valence-electron chi connectivity index (χ3n) is 4.32. The van der Waals surface area contributed by atoms with Gasteiger partial charge in [0.05, 0.1) is 4.34 Å². The van der Waals surface area contributed by atoms with Crippen LogP contribution in [-0.2, 0) is 13.1 Å². The van der Waals surface area contributed by atoms with E-state index in [1.165, 1.54) is 4.88 Å². The Labute approximate surface area is 161 Å². The quantitative estimate of drug-likeness (QED) is 0.820. The minimum atomic E-state index is -0.471. The number of nitrogens with zero attached hydrogens (tertiary/aromatic N) is 2. The summed E-state index contributed by atoms with van der Waals surface area (Å²) in [5.74, 6) is -0.471. The maximum Gasteiger partial charge on any atom is 0.317 e. The molecule has 0 unspecified atom stereocenters. The monoisotopic (exact) mass is 392 g/mol. The number of nitrogens with one attached hydrogen (secondary N) is 1. The Balaban J connectivity index is 1.45. The highest BCUT2D eigenvalue weighted by atomic mass is 35.5. The van der Waals surface area contributed by atoms with Crippen molar-refractivity contribution in [2.75, 3.05) is 26.2 Å². The van der Waals surface area contributed by atoms with Crippen LogP contribution in [0.5, 0.6) is 0 Å². The molecular weight excluding hydrogens is 372 g/mol. The largest absolute Gasteiger partial charge is 0.366 e. The molecule has 2 heterocycles. The lowest BCUT2D eigenvalue weighted by atomic mass is 10.1. The molecular formula is C18H21ClN4O2S. The van der Waals surface area contributed by atoms with E-state index < -0.39 is 5.91 Å². The molecule has 1 aliphatic rings. The van der Waals surface area contributed by atoms with Crippen molar-refractivity contribution < 1.29 is 9.59 Å². The normalized spacial score (nSPS) is 15.0. The van der Waals surface area contributed by atoms with Gasteiger partial charge in [0, 0.05) is 49.7 Å². The van der Waals surface area contributed by atoms with Gasteiger partial charge in [0.2, 0.25) is 5.91 Å². The lowest BCUT2D eigenvalue weighted by Gasteiger charge is -2.34. The second-order valence-corrected chi connectivity index (χ2v) is 7.99. The number of hydrogen-bond donors (Lipinski definition) is 2. The minimum Gasteiger partial charge on any atom is -0.366 e. The fourth-order valence-corrected chi connectivity index (χ4v) is 4.02. The summed E-state index contributed by atoms with van der Waals surface area (Å²) in [6.45, 7) is 4.28. The third-order valence-corrected chi connectivity index (χ3v) is 5.54.